The molecule has 1 fully saturated rings. The largest absolute Gasteiger partial charge is 0.377 e. The average Bonchev–Trinajstić information content (AvgIpc) is 2.04. The Hall–Kier alpha value is -0.570. The number of nitrogens with zero attached hydrogens (tertiary/aromatic N) is 1. The topological polar surface area (TPSA) is 29.5 Å². The predicted molar refractivity (Wildman–Crippen MR) is 42.3 cm³/mol. The van der Waals surface area contributed by atoms with Gasteiger partial charge in [0.05, 0.1) is 19.3 Å². The zero-order valence-electron chi connectivity index (χ0n) is 7.17. The second-order valence-corrected chi connectivity index (χ2v) is 2.86. The third-order valence-electron chi connectivity index (χ3n) is 1.99. The second-order valence-electron chi connectivity index (χ2n) is 2.86. The maximum absolute atomic E-state index is 11.2. The number of carbonyl (C=O) groups is 1. The van der Waals surface area contributed by atoms with Crippen molar-refractivity contribution in [2.75, 3.05) is 19.8 Å². The first-order valence-corrected chi connectivity index (χ1v) is 4.13. The van der Waals surface area contributed by atoms with Crippen molar-refractivity contribution in [2.45, 2.75) is 26.3 Å². The highest BCUT2D eigenvalue weighted by atomic mass is 16.5. The van der Waals surface area contributed by atoms with Crippen LogP contribution in [0.3, 0.4) is 0 Å². The number of hydrogen-bond acceptors (Lipinski definition) is 2. The van der Waals surface area contributed by atoms with Crippen molar-refractivity contribution in [1.82, 2.24) is 4.90 Å². The van der Waals surface area contributed by atoms with Gasteiger partial charge >= 0.3 is 0 Å². The van der Waals surface area contributed by atoms with Gasteiger partial charge in [-0.25, -0.2) is 0 Å². The molecule has 1 saturated heterocycles. The fourth-order valence-electron chi connectivity index (χ4n) is 1.30. The van der Waals surface area contributed by atoms with E-state index in [1.54, 1.807) is 0 Å². The Kier molecular flexibility index (Phi) is 2.88. The highest BCUT2D eigenvalue weighted by molar-refractivity contribution is 5.76. The highest BCUT2D eigenvalue weighted by Crippen LogP contribution is 2.07. The summed E-state index contributed by atoms with van der Waals surface area (Å²) < 4.78 is 5.21. The highest BCUT2D eigenvalue weighted by Gasteiger charge is 2.21. The summed E-state index contributed by atoms with van der Waals surface area (Å²) in [6.45, 7) is 6.05. The van der Waals surface area contributed by atoms with Crippen molar-refractivity contribution < 1.29 is 9.53 Å². The fraction of sp³-hybridized carbons (Fsp3) is 0.875. The summed E-state index contributed by atoms with van der Waals surface area (Å²) in [5.74, 6) is 0.237. The van der Waals surface area contributed by atoms with Gasteiger partial charge in [0.1, 0.15) is 0 Å². The molecule has 1 aliphatic rings. The molecule has 0 aromatic carbocycles. The molecule has 0 aromatic rings. The molecule has 0 spiro atoms. The molecule has 0 radical (unpaired) electrons. The number of amides is 1. The Morgan fingerprint density at radius 2 is 2.45 bits per heavy atom. The Morgan fingerprint density at radius 3 is 3.00 bits per heavy atom. The SMILES string of the molecule is CCC(=O)N1CCOC[C@@H]1C. The first kappa shape index (κ1) is 8.53. The first-order valence-electron chi connectivity index (χ1n) is 4.13. The van der Waals surface area contributed by atoms with Crippen LogP contribution in [-0.4, -0.2) is 36.6 Å². The lowest BCUT2D eigenvalue weighted by atomic mass is 10.2. The molecule has 64 valence electrons. The first-order chi connectivity index (χ1) is 5.25. The normalized spacial score (nSPS) is 25.3. The number of carbonyl (C=O) groups excluding carboxylic acids is 1. The van der Waals surface area contributed by atoms with Crippen LogP contribution in [0.2, 0.25) is 0 Å². The van der Waals surface area contributed by atoms with E-state index in [0.29, 0.717) is 19.6 Å². The Balaban J connectivity index is 2.47. The third kappa shape index (κ3) is 1.93. The lowest BCUT2D eigenvalue weighted by Gasteiger charge is -2.33. The summed E-state index contributed by atoms with van der Waals surface area (Å²) >= 11 is 0. The van der Waals surface area contributed by atoms with Gasteiger partial charge in [0.2, 0.25) is 5.91 Å². The molecule has 1 rings (SSSR count). The maximum Gasteiger partial charge on any atom is 0.222 e. The fourth-order valence-corrected chi connectivity index (χ4v) is 1.30. The van der Waals surface area contributed by atoms with Crippen molar-refractivity contribution in [1.29, 1.82) is 0 Å². The predicted octanol–water partition coefficient (Wildman–Crippen LogP) is 0.644. The van der Waals surface area contributed by atoms with Gasteiger partial charge in [0.15, 0.2) is 0 Å². The van der Waals surface area contributed by atoms with Crippen molar-refractivity contribution in [3.8, 4) is 0 Å². The standard InChI is InChI=1S/C8H15NO2/c1-3-8(10)9-4-5-11-6-7(9)2/h7H,3-6H2,1-2H3/t7-/m0/s1. The molecule has 0 aromatic heterocycles. The minimum absolute atomic E-state index is 0.237. The van der Waals surface area contributed by atoms with E-state index in [1.807, 2.05) is 18.7 Å². The zero-order valence-corrected chi connectivity index (χ0v) is 7.17. The van der Waals surface area contributed by atoms with Crippen LogP contribution in [0.25, 0.3) is 0 Å². The van der Waals surface area contributed by atoms with Gasteiger partial charge in [0, 0.05) is 13.0 Å². The average molecular weight is 157 g/mol. The molecule has 11 heavy (non-hydrogen) atoms. The van der Waals surface area contributed by atoms with E-state index in [1.165, 1.54) is 0 Å². The smallest absolute Gasteiger partial charge is 0.222 e. The van der Waals surface area contributed by atoms with E-state index in [9.17, 15) is 4.79 Å². The molecule has 1 heterocycles. The molecule has 0 unspecified atom stereocenters. The van der Waals surface area contributed by atoms with Gasteiger partial charge in [-0.05, 0) is 6.92 Å². The van der Waals surface area contributed by atoms with Crippen molar-refractivity contribution in [3.63, 3.8) is 0 Å². The molecule has 3 heteroatoms. The van der Waals surface area contributed by atoms with Crippen LogP contribution < -0.4 is 0 Å². The summed E-state index contributed by atoms with van der Waals surface area (Å²) in [5.41, 5.74) is 0. The summed E-state index contributed by atoms with van der Waals surface area (Å²) in [4.78, 5) is 13.1. The van der Waals surface area contributed by atoms with Crippen LogP contribution in [0, 0.1) is 0 Å². The van der Waals surface area contributed by atoms with Crippen LogP contribution in [0.4, 0.5) is 0 Å². The van der Waals surface area contributed by atoms with Gasteiger partial charge in [-0.1, -0.05) is 6.92 Å². The van der Waals surface area contributed by atoms with E-state index >= 15 is 0 Å². The van der Waals surface area contributed by atoms with E-state index in [-0.39, 0.29) is 11.9 Å². The van der Waals surface area contributed by atoms with Gasteiger partial charge in [0.25, 0.3) is 0 Å². The number of ether oxygens (including phenoxy) is 1. The van der Waals surface area contributed by atoms with E-state index in [2.05, 4.69) is 0 Å². The van der Waals surface area contributed by atoms with Crippen molar-refractivity contribution in [3.05, 3.63) is 0 Å². The van der Waals surface area contributed by atoms with E-state index in [4.69, 9.17) is 4.74 Å². The van der Waals surface area contributed by atoms with Gasteiger partial charge in [-0.2, -0.15) is 0 Å². The van der Waals surface area contributed by atoms with Crippen molar-refractivity contribution in [2.24, 2.45) is 0 Å². The summed E-state index contributed by atoms with van der Waals surface area (Å²) in [6, 6.07) is 0.260. The molecular weight excluding hydrogens is 142 g/mol. The Labute approximate surface area is 67.3 Å². The van der Waals surface area contributed by atoms with E-state index < -0.39 is 0 Å². The lowest BCUT2D eigenvalue weighted by molar-refractivity contribution is -0.138. The van der Waals surface area contributed by atoms with Crippen LogP contribution >= 0.6 is 0 Å². The summed E-state index contributed by atoms with van der Waals surface area (Å²) in [7, 11) is 0. The molecular formula is C8H15NO2. The molecule has 1 amide bonds. The van der Waals surface area contributed by atoms with Gasteiger partial charge in [-0.15, -0.1) is 0 Å². The third-order valence-corrected chi connectivity index (χ3v) is 1.99. The molecule has 3 nitrogen and oxygen atoms in total. The van der Waals surface area contributed by atoms with Crippen LogP contribution in [0.15, 0.2) is 0 Å². The second kappa shape index (κ2) is 3.72. The number of hydrogen-bond donors (Lipinski definition) is 0. The number of morpholine rings is 1. The molecule has 0 bridgehead atoms. The van der Waals surface area contributed by atoms with E-state index in [0.717, 1.165) is 6.54 Å². The quantitative estimate of drug-likeness (QED) is 0.559. The minimum atomic E-state index is 0.237. The van der Waals surface area contributed by atoms with Gasteiger partial charge < -0.3 is 9.64 Å². The minimum Gasteiger partial charge on any atom is -0.377 e. The number of rotatable bonds is 1. The Bertz CT molecular complexity index is 147. The van der Waals surface area contributed by atoms with Gasteiger partial charge in [-0.3, -0.25) is 4.79 Å². The zero-order chi connectivity index (χ0) is 8.27. The van der Waals surface area contributed by atoms with Crippen LogP contribution in [0.1, 0.15) is 20.3 Å². The monoisotopic (exact) mass is 157 g/mol. The lowest BCUT2D eigenvalue weighted by Crippen LogP contribution is -2.46. The van der Waals surface area contributed by atoms with Crippen LogP contribution in [0.5, 0.6) is 0 Å². The molecule has 1 atom stereocenters. The summed E-state index contributed by atoms with van der Waals surface area (Å²) in [6.07, 6.45) is 0.602. The molecule has 1 aliphatic heterocycles. The maximum atomic E-state index is 11.2. The Morgan fingerprint density at radius 1 is 1.73 bits per heavy atom. The molecule has 0 saturated carbocycles. The van der Waals surface area contributed by atoms with Crippen LogP contribution in [-0.2, 0) is 9.53 Å². The summed E-state index contributed by atoms with van der Waals surface area (Å²) in [5, 5.41) is 0. The molecule has 0 N–H and O–H groups in total. The molecule has 0 aliphatic carbocycles. The van der Waals surface area contributed by atoms with Crippen molar-refractivity contribution >= 4 is 5.91 Å².